The lowest BCUT2D eigenvalue weighted by Crippen LogP contribution is -2.17. The quantitative estimate of drug-likeness (QED) is 0.516. The van der Waals surface area contributed by atoms with Crippen molar-refractivity contribution >= 4 is 29.0 Å². The molecule has 134 valence electrons. The smallest absolute Gasteiger partial charge is 0.167 e. The average molecular weight is 389 g/mol. The molecule has 4 nitrogen and oxygen atoms in total. The molecule has 0 spiro atoms. The van der Waals surface area contributed by atoms with Crippen LogP contribution < -0.4 is 4.74 Å². The van der Waals surface area contributed by atoms with E-state index >= 15 is 0 Å². The summed E-state index contributed by atoms with van der Waals surface area (Å²) in [7, 11) is 0. The highest BCUT2D eigenvalue weighted by Gasteiger charge is 2.15. The SMILES string of the molecule is C[C@@H](Cn1ccnc1)C(=O)c1ccc(OCc2ccc(Cl)cc2Cl)cc1. The van der Waals surface area contributed by atoms with Gasteiger partial charge in [-0.25, -0.2) is 4.98 Å². The molecule has 26 heavy (non-hydrogen) atoms. The topological polar surface area (TPSA) is 44.1 Å². The molecule has 0 radical (unpaired) electrons. The van der Waals surface area contributed by atoms with Crippen molar-refractivity contribution in [2.75, 3.05) is 0 Å². The van der Waals surface area contributed by atoms with Gasteiger partial charge in [0, 0.05) is 46.0 Å². The molecule has 3 rings (SSSR count). The van der Waals surface area contributed by atoms with Crippen molar-refractivity contribution in [3.8, 4) is 5.75 Å². The molecule has 0 saturated heterocycles. The van der Waals surface area contributed by atoms with Crippen molar-refractivity contribution in [3.63, 3.8) is 0 Å². The minimum absolute atomic E-state index is 0.0889. The predicted molar refractivity (Wildman–Crippen MR) is 103 cm³/mol. The third-order valence-electron chi connectivity index (χ3n) is 4.04. The summed E-state index contributed by atoms with van der Waals surface area (Å²) >= 11 is 12.0. The predicted octanol–water partition coefficient (Wildman–Crippen LogP) is 5.29. The molecule has 0 unspecified atom stereocenters. The second-order valence-corrected chi connectivity index (χ2v) is 6.92. The summed E-state index contributed by atoms with van der Waals surface area (Å²) in [6.07, 6.45) is 5.27. The molecule has 3 aromatic rings. The van der Waals surface area contributed by atoms with Gasteiger partial charge >= 0.3 is 0 Å². The number of hydrogen-bond donors (Lipinski definition) is 0. The molecule has 0 aliphatic heterocycles. The number of nitrogens with zero attached hydrogens (tertiary/aromatic N) is 2. The Labute approximate surface area is 162 Å². The van der Waals surface area contributed by atoms with E-state index in [-0.39, 0.29) is 11.7 Å². The van der Waals surface area contributed by atoms with Crippen molar-refractivity contribution in [2.24, 2.45) is 5.92 Å². The van der Waals surface area contributed by atoms with Gasteiger partial charge in [-0.05, 0) is 36.4 Å². The van der Waals surface area contributed by atoms with Gasteiger partial charge in [0.2, 0.25) is 0 Å². The molecular weight excluding hydrogens is 371 g/mol. The highest BCUT2D eigenvalue weighted by Crippen LogP contribution is 2.23. The summed E-state index contributed by atoms with van der Waals surface area (Å²) in [5.74, 6) is 0.629. The fourth-order valence-electron chi connectivity index (χ4n) is 2.59. The Morgan fingerprint density at radius 3 is 2.62 bits per heavy atom. The highest BCUT2D eigenvalue weighted by atomic mass is 35.5. The second kappa shape index (κ2) is 8.39. The second-order valence-electron chi connectivity index (χ2n) is 6.07. The summed E-state index contributed by atoms with van der Waals surface area (Å²) in [6.45, 7) is 2.85. The van der Waals surface area contributed by atoms with Crippen LogP contribution in [0.2, 0.25) is 10.0 Å². The minimum atomic E-state index is -0.135. The monoisotopic (exact) mass is 388 g/mol. The summed E-state index contributed by atoms with van der Waals surface area (Å²) in [4.78, 5) is 16.5. The normalized spacial score (nSPS) is 12.0. The Morgan fingerprint density at radius 1 is 1.19 bits per heavy atom. The lowest BCUT2D eigenvalue weighted by Gasteiger charge is -2.12. The molecule has 1 atom stereocenters. The van der Waals surface area contributed by atoms with Crippen LogP contribution in [-0.4, -0.2) is 15.3 Å². The van der Waals surface area contributed by atoms with Gasteiger partial charge in [0.05, 0.1) is 6.33 Å². The van der Waals surface area contributed by atoms with Crippen LogP contribution in [0.15, 0.2) is 61.2 Å². The number of ether oxygens (including phenoxy) is 1. The number of carbonyl (C=O) groups is 1. The first-order chi connectivity index (χ1) is 12.5. The third-order valence-corrected chi connectivity index (χ3v) is 4.63. The van der Waals surface area contributed by atoms with Gasteiger partial charge in [-0.15, -0.1) is 0 Å². The van der Waals surface area contributed by atoms with Crippen LogP contribution in [0.1, 0.15) is 22.8 Å². The van der Waals surface area contributed by atoms with Crippen LogP contribution in [0, 0.1) is 5.92 Å². The van der Waals surface area contributed by atoms with Gasteiger partial charge in [-0.1, -0.05) is 36.2 Å². The number of ketones is 1. The summed E-state index contributed by atoms with van der Waals surface area (Å²) in [5.41, 5.74) is 1.51. The average Bonchev–Trinajstić information content (AvgIpc) is 3.14. The first-order valence-electron chi connectivity index (χ1n) is 8.19. The number of carbonyl (C=O) groups excluding carboxylic acids is 1. The van der Waals surface area contributed by atoms with Gasteiger partial charge < -0.3 is 9.30 Å². The molecule has 0 saturated carbocycles. The lowest BCUT2D eigenvalue weighted by molar-refractivity contribution is 0.0918. The molecule has 2 aromatic carbocycles. The zero-order valence-corrected chi connectivity index (χ0v) is 15.7. The van der Waals surface area contributed by atoms with Gasteiger partial charge in [0.25, 0.3) is 0 Å². The molecule has 0 amide bonds. The van der Waals surface area contributed by atoms with Crippen molar-refractivity contribution < 1.29 is 9.53 Å². The van der Waals surface area contributed by atoms with Crippen LogP contribution in [0.5, 0.6) is 5.75 Å². The van der Waals surface area contributed by atoms with Crippen LogP contribution in [0.3, 0.4) is 0 Å². The van der Waals surface area contributed by atoms with E-state index in [2.05, 4.69) is 4.98 Å². The zero-order valence-electron chi connectivity index (χ0n) is 14.2. The van der Waals surface area contributed by atoms with Crippen LogP contribution >= 0.6 is 23.2 Å². The fraction of sp³-hybridized carbons (Fsp3) is 0.200. The number of halogens is 2. The number of hydrogen-bond acceptors (Lipinski definition) is 3. The largest absolute Gasteiger partial charge is 0.489 e. The highest BCUT2D eigenvalue weighted by molar-refractivity contribution is 6.35. The van der Waals surface area contributed by atoms with Gasteiger partial charge in [0.15, 0.2) is 5.78 Å². The van der Waals surface area contributed by atoms with E-state index in [1.165, 1.54) is 0 Å². The van der Waals surface area contributed by atoms with Crippen LogP contribution in [-0.2, 0) is 13.2 Å². The molecule has 0 aliphatic rings. The molecule has 0 aliphatic carbocycles. The van der Waals surface area contributed by atoms with Crippen molar-refractivity contribution in [1.82, 2.24) is 9.55 Å². The fourth-order valence-corrected chi connectivity index (χ4v) is 3.06. The molecular formula is C20H18Cl2N2O2. The van der Waals surface area contributed by atoms with Gasteiger partial charge in [-0.3, -0.25) is 4.79 Å². The van der Waals surface area contributed by atoms with Gasteiger partial charge in [-0.2, -0.15) is 0 Å². The molecule has 0 fully saturated rings. The molecule has 0 bridgehead atoms. The maximum Gasteiger partial charge on any atom is 0.167 e. The molecule has 0 N–H and O–H groups in total. The Hall–Kier alpha value is -2.30. The van der Waals surface area contributed by atoms with E-state index in [1.807, 2.05) is 23.8 Å². The first-order valence-corrected chi connectivity index (χ1v) is 8.95. The van der Waals surface area contributed by atoms with Crippen molar-refractivity contribution in [2.45, 2.75) is 20.1 Å². The number of rotatable bonds is 7. The maximum absolute atomic E-state index is 12.5. The standard InChI is InChI=1S/C20H18Cl2N2O2/c1-14(11-24-9-8-23-13-24)20(25)15-3-6-18(7-4-15)26-12-16-2-5-17(21)10-19(16)22/h2-10,13-14H,11-12H2,1H3/t14-/m0/s1. The Kier molecular flexibility index (Phi) is 5.96. The lowest BCUT2D eigenvalue weighted by atomic mass is 9.99. The maximum atomic E-state index is 12.5. The van der Waals surface area contributed by atoms with E-state index in [4.69, 9.17) is 27.9 Å². The van der Waals surface area contributed by atoms with Crippen LogP contribution in [0.25, 0.3) is 0 Å². The number of aromatic nitrogens is 2. The first kappa shape index (κ1) is 18.5. The van der Waals surface area contributed by atoms with Crippen LogP contribution in [0.4, 0.5) is 0 Å². The van der Waals surface area contributed by atoms with Crippen molar-refractivity contribution in [3.05, 3.63) is 82.4 Å². The van der Waals surface area contributed by atoms with Crippen molar-refractivity contribution in [1.29, 1.82) is 0 Å². The molecule has 6 heteroatoms. The summed E-state index contributed by atoms with van der Waals surface area (Å²) in [5, 5.41) is 1.16. The Morgan fingerprint density at radius 2 is 1.96 bits per heavy atom. The van der Waals surface area contributed by atoms with Gasteiger partial charge in [0.1, 0.15) is 12.4 Å². The van der Waals surface area contributed by atoms with E-state index < -0.39 is 0 Å². The number of imidazole rings is 1. The molecule has 1 heterocycles. The minimum Gasteiger partial charge on any atom is -0.489 e. The molecule has 1 aromatic heterocycles. The Bertz CT molecular complexity index is 877. The van der Waals surface area contributed by atoms with E-state index in [0.717, 1.165) is 5.56 Å². The zero-order chi connectivity index (χ0) is 18.5. The van der Waals surface area contributed by atoms with E-state index in [0.29, 0.717) is 34.5 Å². The van der Waals surface area contributed by atoms with E-state index in [1.54, 1.807) is 48.9 Å². The van der Waals surface area contributed by atoms with E-state index in [9.17, 15) is 4.79 Å². The third kappa shape index (κ3) is 4.65. The summed E-state index contributed by atoms with van der Waals surface area (Å²) < 4.78 is 7.64. The Balaban J connectivity index is 1.59. The number of Topliss-reactive ketones (excluding diaryl/α,β-unsaturated/α-hetero) is 1. The summed E-state index contributed by atoms with van der Waals surface area (Å²) in [6, 6.07) is 12.4. The number of benzene rings is 2.